The minimum absolute atomic E-state index is 0.0299. The van der Waals surface area contributed by atoms with Crippen LogP contribution in [0.3, 0.4) is 0 Å². The molecule has 0 aliphatic rings. The fourth-order valence-corrected chi connectivity index (χ4v) is 5.67. The number of anilines is 1. The minimum atomic E-state index is -3.85. The Morgan fingerprint density at radius 3 is 2.26 bits per heavy atom. The van der Waals surface area contributed by atoms with E-state index in [0.717, 1.165) is 52.2 Å². The number of hydrogen-bond acceptors (Lipinski definition) is 4. The molecule has 3 aromatic carbocycles. The maximum absolute atomic E-state index is 13.9. The number of rotatable bonds is 15. The molecule has 3 rings (SSSR count). The van der Waals surface area contributed by atoms with Crippen molar-refractivity contribution in [1.29, 1.82) is 0 Å². The maximum Gasteiger partial charge on any atom is 0.243 e. The van der Waals surface area contributed by atoms with Gasteiger partial charge in [-0.15, -0.1) is 0 Å². The molecular formula is C32H39F2N3O4S. The van der Waals surface area contributed by atoms with Gasteiger partial charge in [0.25, 0.3) is 0 Å². The SMILES string of the molecule is CCCCNC(=O)[C@H](Cc1ccccc1)N(Cc1cccc(C)c1)C(=O)CCCN(c1ccc(F)c(F)c1)S(C)(=O)=O. The van der Waals surface area contributed by atoms with Gasteiger partial charge in [0, 0.05) is 38.5 Å². The van der Waals surface area contributed by atoms with E-state index in [2.05, 4.69) is 5.32 Å². The maximum atomic E-state index is 13.9. The highest BCUT2D eigenvalue weighted by molar-refractivity contribution is 7.92. The van der Waals surface area contributed by atoms with Gasteiger partial charge in [-0.05, 0) is 43.0 Å². The van der Waals surface area contributed by atoms with Gasteiger partial charge in [-0.2, -0.15) is 0 Å². The van der Waals surface area contributed by atoms with Gasteiger partial charge in [-0.1, -0.05) is 73.5 Å². The van der Waals surface area contributed by atoms with Crippen molar-refractivity contribution in [3.63, 3.8) is 0 Å². The Morgan fingerprint density at radius 2 is 1.62 bits per heavy atom. The number of nitrogens with zero attached hydrogens (tertiary/aromatic N) is 2. The molecule has 0 bridgehead atoms. The van der Waals surface area contributed by atoms with Crippen LogP contribution in [0.2, 0.25) is 0 Å². The van der Waals surface area contributed by atoms with Crippen LogP contribution in [0, 0.1) is 18.6 Å². The summed E-state index contributed by atoms with van der Waals surface area (Å²) in [6.07, 6.45) is 3.03. The van der Waals surface area contributed by atoms with Crippen LogP contribution in [0.1, 0.15) is 49.3 Å². The molecule has 0 aromatic heterocycles. The summed E-state index contributed by atoms with van der Waals surface area (Å²) < 4.78 is 53.3. The fraction of sp³-hybridized carbons (Fsp3) is 0.375. The highest BCUT2D eigenvalue weighted by Gasteiger charge is 2.30. The Hall–Kier alpha value is -3.79. The predicted molar refractivity (Wildman–Crippen MR) is 161 cm³/mol. The molecule has 0 fully saturated rings. The predicted octanol–water partition coefficient (Wildman–Crippen LogP) is 5.38. The summed E-state index contributed by atoms with van der Waals surface area (Å²) in [5.74, 6) is -2.83. The lowest BCUT2D eigenvalue weighted by Gasteiger charge is -2.32. The highest BCUT2D eigenvalue weighted by Crippen LogP contribution is 2.22. The van der Waals surface area contributed by atoms with Crippen molar-refractivity contribution in [3.05, 3.63) is 101 Å². The van der Waals surface area contributed by atoms with E-state index in [1.54, 1.807) is 4.90 Å². The number of carbonyl (C=O) groups is 2. The second-order valence-corrected chi connectivity index (χ2v) is 12.3. The fourth-order valence-electron chi connectivity index (χ4n) is 4.71. The quantitative estimate of drug-likeness (QED) is 0.238. The number of sulfonamides is 1. The third-order valence-electron chi connectivity index (χ3n) is 6.88. The molecule has 0 radical (unpaired) electrons. The van der Waals surface area contributed by atoms with Gasteiger partial charge in [-0.3, -0.25) is 13.9 Å². The first kappa shape index (κ1) is 32.7. The molecule has 0 saturated heterocycles. The summed E-state index contributed by atoms with van der Waals surface area (Å²) in [6, 6.07) is 19.2. The first-order valence-electron chi connectivity index (χ1n) is 14.1. The van der Waals surface area contributed by atoms with Crippen LogP contribution in [0.15, 0.2) is 72.8 Å². The van der Waals surface area contributed by atoms with Gasteiger partial charge in [0.1, 0.15) is 6.04 Å². The lowest BCUT2D eigenvalue weighted by atomic mass is 10.0. The van der Waals surface area contributed by atoms with Gasteiger partial charge >= 0.3 is 0 Å². The zero-order chi connectivity index (χ0) is 30.7. The summed E-state index contributed by atoms with van der Waals surface area (Å²) in [6.45, 7) is 4.54. The molecule has 7 nitrogen and oxygen atoms in total. The van der Waals surface area contributed by atoms with Crippen molar-refractivity contribution in [3.8, 4) is 0 Å². The van der Waals surface area contributed by atoms with Crippen molar-refractivity contribution >= 4 is 27.5 Å². The van der Waals surface area contributed by atoms with Gasteiger partial charge in [0.15, 0.2) is 11.6 Å². The Labute approximate surface area is 247 Å². The van der Waals surface area contributed by atoms with Crippen molar-refractivity contribution in [2.45, 2.75) is 58.5 Å². The third-order valence-corrected chi connectivity index (χ3v) is 8.07. The van der Waals surface area contributed by atoms with E-state index in [0.29, 0.717) is 13.0 Å². The first-order chi connectivity index (χ1) is 20.0. The van der Waals surface area contributed by atoms with Crippen LogP contribution < -0.4 is 9.62 Å². The zero-order valence-corrected chi connectivity index (χ0v) is 25.2. The molecule has 0 spiro atoms. The first-order valence-corrected chi connectivity index (χ1v) is 15.9. The Kier molecular flexibility index (Phi) is 12.0. The molecule has 0 aliphatic carbocycles. The van der Waals surface area contributed by atoms with E-state index in [1.165, 1.54) is 6.07 Å². The number of hydrogen-bond donors (Lipinski definition) is 1. The van der Waals surface area contributed by atoms with Crippen molar-refractivity contribution in [1.82, 2.24) is 10.2 Å². The van der Waals surface area contributed by atoms with Gasteiger partial charge in [-0.25, -0.2) is 17.2 Å². The van der Waals surface area contributed by atoms with Crippen LogP contribution in [0.25, 0.3) is 0 Å². The monoisotopic (exact) mass is 599 g/mol. The van der Waals surface area contributed by atoms with E-state index < -0.39 is 27.7 Å². The minimum Gasteiger partial charge on any atom is -0.354 e. The summed E-state index contributed by atoms with van der Waals surface area (Å²) in [5.41, 5.74) is 2.75. The van der Waals surface area contributed by atoms with Crippen LogP contribution in [0.4, 0.5) is 14.5 Å². The third kappa shape index (κ3) is 9.65. The zero-order valence-electron chi connectivity index (χ0n) is 24.4. The number of aryl methyl sites for hydroxylation is 1. The summed E-state index contributed by atoms with van der Waals surface area (Å²) in [4.78, 5) is 28.9. The normalized spacial score (nSPS) is 12.0. The highest BCUT2D eigenvalue weighted by atomic mass is 32.2. The smallest absolute Gasteiger partial charge is 0.243 e. The van der Waals surface area contributed by atoms with Crippen molar-refractivity contribution in [2.75, 3.05) is 23.7 Å². The molecule has 0 aliphatic heterocycles. The molecule has 0 heterocycles. The number of unbranched alkanes of at least 4 members (excludes halogenated alkanes) is 1. The second-order valence-electron chi connectivity index (χ2n) is 10.4. The van der Waals surface area contributed by atoms with Gasteiger partial charge in [0.05, 0.1) is 11.9 Å². The number of benzene rings is 3. The molecule has 226 valence electrons. The number of halogens is 2. The molecule has 1 atom stereocenters. The largest absolute Gasteiger partial charge is 0.354 e. The molecule has 3 aromatic rings. The lowest BCUT2D eigenvalue weighted by molar-refractivity contribution is -0.141. The summed E-state index contributed by atoms with van der Waals surface area (Å²) >= 11 is 0. The number of nitrogens with one attached hydrogen (secondary N) is 1. The molecule has 1 N–H and O–H groups in total. The van der Waals surface area contributed by atoms with E-state index in [1.807, 2.05) is 68.4 Å². The standard InChI is InChI=1S/C32H39F2N3O4S/c1-4-5-18-35-32(39)30(21-25-12-7-6-8-13-25)36(23-26-14-9-11-24(2)20-26)31(38)15-10-19-37(42(3,40)41)27-16-17-28(33)29(34)22-27/h6-9,11-14,16-17,20,22,30H,4-5,10,15,18-19,21,23H2,1-3H3,(H,35,39)/t30-/m0/s1. The average molecular weight is 600 g/mol. The van der Waals surface area contributed by atoms with E-state index >= 15 is 0 Å². The van der Waals surface area contributed by atoms with Crippen LogP contribution in [0.5, 0.6) is 0 Å². The average Bonchev–Trinajstić information content (AvgIpc) is 2.94. The number of amides is 2. The van der Waals surface area contributed by atoms with Crippen LogP contribution >= 0.6 is 0 Å². The Morgan fingerprint density at radius 1 is 0.905 bits per heavy atom. The Balaban J connectivity index is 1.88. The van der Waals surface area contributed by atoms with Gasteiger partial charge < -0.3 is 10.2 Å². The Bertz CT molecular complexity index is 1450. The van der Waals surface area contributed by atoms with Crippen molar-refractivity contribution < 1.29 is 26.8 Å². The number of carbonyl (C=O) groups excluding carboxylic acids is 2. The molecule has 0 saturated carbocycles. The summed E-state index contributed by atoms with van der Waals surface area (Å²) in [5, 5.41) is 2.98. The second kappa shape index (κ2) is 15.4. The summed E-state index contributed by atoms with van der Waals surface area (Å²) in [7, 11) is -3.85. The van der Waals surface area contributed by atoms with Crippen LogP contribution in [-0.2, 0) is 32.6 Å². The molecule has 2 amide bonds. The van der Waals surface area contributed by atoms with E-state index in [9.17, 15) is 26.8 Å². The molecule has 42 heavy (non-hydrogen) atoms. The van der Waals surface area contributed by atoms with Crippen LogP contribution in [-0.4, -0.2) is 50.5 Å². The van der Waals surface area contributed by atoms with Gasteiger partial charge in [0.2, 0.25) is 21.8 Å². The van der Waals surface area contributed by atoms with E-state index in [4.69, 9.17) is 0 Å². The molecular weight excluding hydrogens is 560 g/mol. The lowest BCUT2D eigenvalue weighted by Crippen LogP contribution is -2.50. The van der Waals surface area contributed by atoms with Crippen molar-refractivity contribution in [2.24, 2.45) is 0 Å². The molecule has 0 unspecified atom stereocenters. The van der Waals surface area contributed by atoms with E-state index in [-0.39, 0.29) is 43.4 Å². The topological polar surface area (TPSA) is 86.8 Å². The molecule has 10 heteroatoms.